The molecule has 0 saturated heterocycles. The minimum absolute atomic E-state index is 0.0470. The zero-order chi connectivity index (χ0) is 16.7. The van der Waals surface area contributed by atoms with Crippen molar-refractivity contribution in [1.29, 1.82) is 0 Å². The van der Waals surface area contributed by atoms with Crippen LogP contribution in [0.25, 0.3) is 11.1 Å². The summed E-state index contributed by atoms with van der Waals surface area (Å²) in [6.45, 7) is 13.4. The molecule has 22 heavy (non-hydrogen) atoms. The quantitative estimate of drug-likeness (QED) is 0.514. The molecule has 2 heteroatoms. The van der Waals surface area contributed by atoms with Gasteiger partial charge in [-0.3, -0.25) is 0 Å². The second kappa shape index (κ2) is 5.91. The Balaban J connectivity index is 2.70. The van der Waals surface area contributed by atoms with Crippen molar-refractivity contribution in [2.45, 2.75) is 52.4 Å². The first-order chi connectivity index (χ1) is 9.98. The fourth-order valence-electron chi connectivity index (χ4n) is 2.59. The highest BCUT2D eigenvalue weighted by molar-refractivity contribution is 6.35. The van der Waals surface area contributed by atoms with Gasteiger partial charge in [0.05, 0.1) is 0 Å². The van der Waals surface area contributed by atoms with Crippen molar-refractivity contribution < 1.29 is 0 Å². The average Bonchev–Trinajstić information content (AvgIpc) is 2.34. The molecule has 0 nitrogen and oxygen atoms in total. The van der Waals surface area contributed by atoms with Crippen molar-refractivity contribution in [2.24, 2.45) is 0 Å². The van der Waals surface area contributed by atoms with E-state index < -0.39 is 0 Å². The van der Waals surface area contributed by atoms with Gasteiger partial charge in [-0.25, -0.2) is 0 Å². The Morgan fingerprint density at radius 2 is 1.23 bits per heavy atom. The van der Waals surface area contributed by atoms with E-state index in [-0.39, 0.29) is 10.8 Å². The molecule has 0 aliphatic rings. The van der Waals surface area contributed by atoms with Gasteiger partial charge in [0.15, 0.2) is 0 Å². The fraction of sp³-hybridized carbons (Fsp3) is 0.400. The normalized spacial score (nSPS) is 12.5. The van der Waals surface area contributed by atoms with Crippen LogP contribution in [0.5, 0.6) is 0 Å². The van der Waals surface area contributed by atoms with Crippen LogP contribution in [0.1, 0.15) is 52.7 Å². The summed E-state index contributed by atoms with van der Waals surface area (Å²) in [5, 5.41) is 1.34. The minimum atomic E-state index is 0.0470. The maximum absolute atomic E-state index is 6.19. The lowest BCUT2D eigenvalue weighted by Crippen LogP contribution is -2.17. The van der Waals surface area contributed by atoms with E-state index in [0.29, 0.717) is 10.0 Å². The Kier molecular flexibility index (Phi) is 4.66. The summed E-state index contributed by atoms with van der Waals surface area (Å²) < 4.78 is 0. The number of benzene rings is 2. The van der Waals surface area contributed by atoms with Gasteiger partial charge in [-0.2, -0.15) is 0 Å². The lowest BCUT2D eigenvalue weighted by atomic mass is 9.77. The molecule has 0 unspecified atom stereocenters. The predicted molar refractivity (Wildman–Crippen MR) is 99.3 cm³/mol. The summed E-state index contributed by atoms with van der Waals surface area (Å²) in [4.78, 5) is 0. The Morgan fingerprint density at radius 1 is 0.682 bits per heavy atom. The van der Waals surface area contributed by atoms with Gasteiger partial charge >= 0.3 is 0 Å². The summed E-state index contributed by atoms with van der Waals surface area (Å²) in [7, 11) is 0. The Bertz CT molecular complexity index is 666. The van der Waals surface area contributed by atoms with Crippen molar-refractivity contribution >= 4 is 23.2 Å². The van der Waals surface area contributed by atoms with Crippen molar-refractivity contribution in [1.82, 2.24) is 0 Å². The number of hydrogen-bond donors (Lipinski definition) is 0. The molecule has 0 aromatic heterocycles. The van der Waals surface area contributed by atoms with Gasteiger partial charge in [0.1, 0.15) is 0 Å². The third-order valence-corrected chi connectivity index (χ3v) is 4.30. The molecule has 118 valence electrons. The number of hydrogen-bond acceptors (Lipinski definition) is 0. The summed E-state index contributed by atoms with van der Waals surface area (Å²) in [5.74, 6) is 0. The Labute approximate surface area is 144 Å². The maximum atomic E-state index is 6.19. The van der Waals surface area contributed by atoms with Crippen molar-refractivity contribution in [3.63, 3.8) is 0 Å². The summed E-state index contributed by atoms with van der Waals surface area (Å²) in [5.41, 5.74) is 5.11. The molecule has 0 heterocycles. The van der Waals surface area contributed by atoms with Gasteiger partial charge < -0.3 is 0 Å². The largest absolute Gasteiger partial charge is 0.0843 e. The van der Waals surface area contributed by atoms with Crippen LogP contribution in [-0.2, 0) is 10.8 Å². The first-order valence-electron chi connectivity index (χ1n) is 7.60. The van der Waals surface area contributed by atoms with Crippen LogP contribution in [0.4, 0.5) is 0 Å². The van der Waals surface area contributed by atoms with Crippen LogP contribution in [0.2, 0.25) is 10.0 Å². The van der Waals surface area contributed by atoms with E-state index in [0.717, 1.165) is 5.56 Å². The van der Waals surface area contributed by atoms with Crippen molar-refractivity contribution in [3.05, 3.63) is 57.6 Å². The van der Waals surface area contributed by atoms with Gasteiger partial charge in [0.2, 0.25) is 0 Å². The van der Waals surface area contributed by atoms with E-state index in [4.69, 9.17) is 23.2 Å². The van der Waals surface area contributed by atoms with Crippen LogP contribution >= 0.6 is 23.2 Å². The van der Waals surface area contributed by atoms with Crippen LogP contribution in [0.15, 0.2) is 36.4 Å². The molecular weight excluding hydrogens is 311 g/mol. The smallest absolute Gasteiger partial charge is 0.0426 e. The van der Waals surface area contributed by atoms with E-state index in [1.165, 1.54) is 16.7 Å². The first kappa shape index (κ1) is 17.4. The maximum Gasteiger partial charge on any atom is 0.0426 e. The Morgan fingerprint density at radius 3 is 1.68 bits per heavy atom. The van der Waals surface area contributed by atoms with Crippen molar-refractivity contribution in [3.8, 4) is 11.1 Å². The second-order valence-electron chi connectivity index (χ2n) is 7.92. The van der Waals surface area contributed by atoms with Gasteiger partial charge in [0, 0.05) is 10.0 Å². The molecule has 0 aliphatic heterocycles. The lowest BCUT2D eigenvalue weighted by Gasteiger charge is -2.27. The third-order valence-electron chi connectivity index (χ3n) is 3.87. The van der Waals surface area contributed by atoms with Crippen molar-refractivity contribution in [2.75, 3.05) is 0 Å². The molecule has 0 N–H and O–H groups in total. The standard InChI is InChI=1S/C20H24Cl2/c1-19(2,3)14-7-8-17(18(11-14)20(4,5)6)13-9-15(21)12-16(22)10-13/h7-12H,1-6H3. The highest BCUT2D eigenvalue weighted by Crippen LogP contribution is 2.38. The molecule has 0 fully saturated rings. The van der Waals surface area contributed by atoms with Gasteiger partial charge in [-0.15, -0.1) is 0 Å². The fourth-order valence-corrected chi connectivity index (χ4v) is 3.12. The van der Waals surface area contributed by atoms with E-state index in [1.807, 2.05) is 12.1 Å². The van der Waals surface area contributed by atoms with Gasteiger partial charge in [0.25, 0.3) is 0 Å². The molecule has 2 aromatic carbocycles. The van der Waals surface area contributed by atoms with Gasteiger partial charge in [-0.05, 0) is 51.3 Å². The topological polar surface area (TPSA) is 0 Å². The Hall–Kier alpha value is -0.980. The molecular formula is C20H24Cl2. The van der Waals surface area contributed by atoms with Gasteiger partial charge in [-0.1, -0.05) is 82.9 Å². The van der Waals surface area contributed by atoms with E-state index in [1.54, 1.807) is 6.07 Å². The summed E-state index contributed by atoms with van der Waals surface area (Å²) in [6.07, 6.45) is 0. The zero-order valence-corrected chi connectivity index (χ0v) is 15.7. The summed E-state index contributed by atoms with van der Waals surface area (Å²) in [6, 6.07) is 12.5. The molecule has 0 bridgehead atoms. The van der Waals surface area contributed by atoms with Crippen LogP contribution in [0.3, 0.4) is 0 Å². The molecule has 0 saturated carbocycles. The van der Waals surface area contributed by atoms with Crippen LogP contribution in [-0.4, -0.2) is 0 Å². The van der Waals surface area contributed by atoms with E-state index in [2.05, 4.69) is 59.7 Å². The SMILES string of the molecule is CC(C)(C)c1ccc(-c2cc(Cl)cc(Cl)c2)c(C(C)(C)C)c1. The second-order valence-corrected chi connectivity index (χ2v) is 8.79. The molecule has 0 atom stereocenters. The molecule has 0 radical (unpaired) electrons. The lowest BCUT2D eigenvalue weighted by molar-refractivity contribution is 0.570. The predicted octanol–water partition coefficient (Wildman–Crippen LogP) is 7.26. The van der Waals surface area contributed by atoms with E-state index in [9.17, 15) is 0 Å². The molecule has 2 rings (SSSR count). The zero-order valence-electron chi connectivity index (χ0n) is 14.2. The minimum Gasteiger partial charge on any atom is -0.0843 e. The first-order valence-corrected chi connectivity index (χ1v) is 8.35. The average molecular weight is 335 g/mol. The third kappa shape index (κ3) is 3.86. The highest BCUT2D eigenvalue weighted by atomic mass is 35.5. The number of rotatable bonds is 1. The monoisotopic (exact) mass is 334 g/mol. The van der Waals surface area contributed by atoms with Crippen LogP contribution < -0.4 is 0 Å². The van der Waals surface area contributed by atoms with Crippen LogP contribution in [0, 0.1) is 0 Å². The molecule has 0 aliphatic carbocycles. The summed E-state index contributed by atoms with van der Waals surface area (Å²) >= 11 is 12.4. The molecule has 2 aromatic rings. The van der Waals surface area contributed by atoms with E-state index >= 15 is 0 Å². The highest BCUT2D eigenvalue weighted by Gasteiger charge is 2.23. The number of halogens is 2. The molecule has 0 amide bonds. The molecule has 0 spiro atoms.